The number of halogens is 1. The lowest BCUT2D eigenvalue weighted by atomic mass is 10.2. The zero-order chi connectivity index (χ0) is 13.7. The monoisotopic (exact) mass is 316 g/mol. The van der Waals surface area contributed by atoms with Crippen LogP contribution in [0.15, 0.2) is 24.3 Å². The summed E-state index contributed by atoms with van der Waals surface area (Å²) >= 11 is 1.76. The van der Waals surface area contributed by atoms with Crippen LogP contribution in [0.1, 0.15) is 5.56 Å². The van der Waals surface area contributed by atoms with Crippen LogP contribution in [0.5, 0.6) is 5.75 Å². The van der Waals surface area contributed by atoms with E-state index in [-0.39, 0.29) is 24.4 Å². The predicted octanol–water partition coefficient (Wildman–Crippen LogP) is 1.92. The average molecular weight is 317 g/mol. The van der Waals surface area contributed by atoms with Crippen molar-refractivity contribution in [3.05, 3.63) is 29.8 Å². The van der Waals surface area contributed by atoms with Crippen LogP contribution >= 0.6 is 24.2 Å². The summed E-state index contributed by atoms with van der Waals surface area (Å²) in [6.07, 6.45) is 0. The lowest BCUT2D eigenvalue weighted by Crippen LogP contribution is -2.44. The molecule has 1 saturated heterocycles. The minimum Gasteiger partial charge on any atom is -0.492 e. The maximum atomic E-state index is 12.0. The largest absolute Gasteiger partial charge is 0.492 e. The Morgan fingerprint density at radius 3 is 2.75 bits per heavy atom. The number of aryl methyl sites for hydroxylation is 1. The first kappa shape index (κ1) is 17.1. The van der Waals surface area contributed by atoms with Gasteiger partial charge in [0, 0.05) is 18.7 Å². The normalized spacial score (nSPS) is 17.4. The third kappa shape index (κ3) is 4.89. The van der Waals surface area contributed by atoms with E-state index in [1.54, 1.807) is 16.7 Å². The summed E-state index contributed by atoms with van der Waals surface area (Å²) in [5.41, 5.74) is 1.21. The predicted molar refractivity (Wildman–Crippen MR) is 85.8 cm³/mol. The molecule has 1 aromatic carbocycles. The van der Waals surface area contributed by atoms with Gasteiger partial charge in [-0.1, -0.05) is 17.7 Å². The molecule has 0 bridgehead atoms. The van der Waals surface area contributed by atoms with Crippen molar-refractivity contribution in [2.75, 3.05) is 31.8 Å². The summed E-state index contributed by atoms with van der Waals surface area (Å²) in [6.45, 7) is 3.17. The van der Waals surface area contributed by atoms with Crippen molar-refractivity contribution in [1.82, 2.24) is 10.2 Å². The number of thioether (sulfide) groups is 1. The van der Waals surface area contributed by atoms with E-state index < -0.39 is 0 Å². The maximum absolute atomic E-state index is 12.0. The highest BCUT2D eigenvalue weighted by molar-refractivity contribution is 7.99. The molecule has 0 spiro atoms. The molecule has 0 saturated carbocycles. The molecule has 112 valence electrons. The molecule has 0 aliphatic carbocycles. The molecule has 1 aliphatic heterocycles. The molecule has 20 heavy (non-hydrogen) atoms. The fourth-order valence-electron chi connectivity index (χ4n) is 1.86. The Hall–Kier alpha value is -0.910. The summed E-state index contributed by atoms with van der Waals surface area (Å²) in [7, 11) is 1.82. The molecule has 4 nitrogen and oxygen atoms in total. The zero-order valence-corrected chi connectivity index (χ0v) is 13.4. The Labute approximate surface area is 130 Å². The number of hydrogen-bond acceptors (Lipinski definition) is 4. The van der Waals surface area contributed by atoms with Gasteiger partial charge >= 0.3 is 0 Å². The van der Waals surface area contributed by atoms with Crippen molar-refractivity contribution in [1.29, 1.82) is 0 Å². The number of benzene rings is 1. The zero-order valence-electron chi connectivity index (χ0n) is 11.8. The number of hydrogen-bond donors (Lipinski definition) is 1. The Kier molecular flexibility index (Phi) is 7.19. The first-order valence-corrected chi connectivity index (χ1v) is 7.58. The van der Waals surface area contributed by atoms with Crippen LogP contribution in [-0.2, 0) is 4.79 Å². The SMILES string of the molecule is Cc1ccc(OCCN(C)C(=O)C2CSCN2)cc1.Cl. The van der Waals surface area contributed by atoms with Crippen LogP contribution < -0.4 is 10.1 Å². The van der Waals surface area contributed by atoms with Gasteiger partial charge in [0.15, 0.2) is 0 Å². The first-order chi connectivity index (χ1) is 9.16. The van der Waals surface area contributed by atoms with Gasteiger partial charge in [0.25, 0.3) is 0 Å². The van der Waals surface area contributed by atoms with E-state index in [1.165, 1.54) is 5.56 Å². The lowest BCUT2D eigenvalue weighted by Gasteiger charge is -2.20. The molecule has 1 unspecified atom stereocenters. The smallest absolute Gasteiger partial charge is 0.240 e. The van der Waals surface area contributed by atoms with Crippen LogP contribution in [-0.4, -0.2) is 48.7 Å². The number of amides is 1. The molecule has 1 aromatic rings. The summed E-state index contributed by atoms with van der Waals surface area (Å²) in [6, 6.07) is 7.90. The number of nitrogens with zero attached hydrogens (tertiary/aromatic N) is 1. The van der Waals surface area contributed by atoms with Crippen molar-refractivity contribution in [2.24, 2.45) is 0 Å². The van der Waals surface area contributed by atoms with Crippen LogP contribution in [0.3, 0.4) is 0 Å². The number of carbonyl (C=O) groups excluding carboxylic acids is 1. The number of nitrogens with one attached hydrogen (secondary N) is 1. The van der Waals surface area contributed by atoms with E-state index in [2.05, 4.69) is 5.32 Å². The third-order valence-corrected chi connectivity index (χ3v) is 4.05. The second-order valence-corrected chi connectivity index (χ2v) is 5.72. The molecule has 6 heteroatoms. The average Bonchev–Trinajstić information content (AvgIpc) is 2.94. The van der Waals surface area contributed by atoms with Gasteiger partial charge in [-0.05, 0) is 19.1 Å². The molecule has 0 aromatic heterocycles. The highest BCUT2D eigenvalue weighted by atomic mass is 35.5. The standard InChI is InChI=1S/C14H20N2O2S.ClH/c1-11-3-5-12(6-4-11)18-8-7-16(2)14(17)13-9-19-10-15-13;/h3-6,13,15H,7-10H2,1-2H3;1H. The Balaban J connectivity index is 0.00000200. The molecule has 0 radical (unpaired) electrons. The lowest BCUT2D eigenvalue weighted by molar-refractivity contribution is -0.131. The van der Waals surface area contributed by atoms with E-state index in [0.29, 0.717) is 13.2 Å². The van der Waals surface area contributed by atoms with Crippen molar-refractivity contribution in [3.63, 3.8) is 0 Å². The van der Waals surface area contributed by atoms with Gasteiger partial charge in [0.05, 0.1) is 12.6 Å². The third-order valence-electron chi connectivity index (χ3n) is 3.11. The maximum Gasteiger partial charge on any atom is 0.240 e. The van der Waals surface area contributed by atoms with Crippen LogP contribution in [0.4, 0.5) is 0 Å². The van der Waals surface area contributed by atoms with E-state index in [0.717, 1.165) is 17.4 Å². The first-order valence-electron chi connectivity index (χ1n) is 6.42. The van der Waals surface area contributed by atoms with Crippen molar-refractivity contribution < 1.29 is 9.53 Å². The number of likely N-dealkylation sites (N-methyl/N-ethyl adjacent to an activating group) is 1. The van der Waals surface area contributed by atoms with Gasteiger partial charge in [-0.3, -0.25) is 10.1 Å². The van der Waals surface area contributed by atoms with Crippen molar-refractivity contribution in [3.8, 4) is 5.75 Å². The molecule has 1 atom stereocenters. The molecule has 1 N–H and O–H groups in total. The minimum absolute atomic E-state index is 0. The summed E-state index contributed by atoms with van der Waals surface area (Å²) < 4.78 is 5.62. The van der Waals surface area contributed by atoms with E-state index in [9.17, 15) is 4.79 Å². The minimum atomic E-state index is -0.0330. The molecule has 1 fully saturated rings. The molecular weight excluding hydrogens is 296 g/mol. The number of carbonyl (C=O) groups is 1. The second-order valence-electron chi connectivity index (χ2n) is 4.69. The van der Waals surface area contributed by atoms with E-state index >= 15 is 0 Å². The van der Waals surface area contributed by atoms with E-state index in [4.69, 9.17) is 4.74 Å². The van der Waals surface area contributed by atoms with Crippen LogP contribution in [0, 0.1) is 6.92 Å². The summed E-state index contributed by atoms with van der Waals surface area (Å²) in [5, 5.41) is 3.18. The topological polar surface area (TPSA) is 41.6 Å². The quantitative estimate of drug-likeness (QED) is 0.901. The molecule has 1 amide bonds. The Morgan fingerprint density at radius 1 is 1.45 bits per heavy atom. The number of ether oxygens (including phenoxy) is 1. The van der Waals surface area contributed by atoms with Gasteiger partial charge in [-0.15, -0.1) is 24.2 Å². The van der Waals surface area contributed by atoms with Crippen LogP contribution in [0.2, 0.25) is 0 Å². The number of rotatable bonds is 5. The second kappa shape index (κ2) is 8.39. The van der Waals surface area contributed by atoms with Crippen molar-refractivity contribution in [2.45, 2.75) is 13.0 Å². The summed E-state index contributed by atoms with van der Waals surface area (Å²) in [5.74, 6) is 2.73. The van der Waals surface area contributed by atoms with E-state index in [1.807, 2.05) is 38.2 Å². The van der Waals surface area contributed by atoms with Crippen LogP contribution in [0.25, 0.3) is 0 Å². The Bertz CT molecular complexity index is 422. The summed E-state index contributed by atoms with van der Waals surface area (Å²) in [4.78, 5) is 13.8. The van der Waals surface area contributed by atoms with Gasteiger partial charge in [0.2, 0.25) is 5.91 Å². The van der Waals surface area contributed by atoms with Gasteiger partial charge in [-0.2, -0.15) is 0 Å². The molecule has 1 heterocycles. The van der Waals surface area contributed by atoms with Gasteiger partial charge in [0.1, 0.15) is 12.4 Å². The molecular formula is C14H21ClN2O2S. The van der Waals surface area contributed by atoms with Gasteiger partial charge < -0.3 is 9.64 Å². The molecule has 2 rings (SSSR count). The highest BCUT2D eigenvalue weighted by Gasteiger charge is 2.25. The van der Waals surface area contributed by atoms with Gasteiger partial charge in [-0.25, -0.2) is 0 Å². The highest BCUT2D eigenvalue weighted by Crippen LogP contribution is 2.12. The van der Waals surface area contributed by atoms with Crippen molar-refractivity contribution >= 4 is 30.1 Å². The molecule has 1 aliphatic rings. The fraction of sp³-hybridized carbons (Fsp3) is 0.500. The fourth-order valence-corrected chi connectivity index (χ4v) is 2.80. The Morgan fingerprint density at radius 2 is 2.15 bits per heavy atom.